The summed E-state index contributed by atoms with van der Waals surface area (Å²) in [6.07, 6.45) is 4.70. The van der Waals surface area contributed by atoms with Crippen molar-refractivity contribution in [2.24, 2.45) is 11.1 Å². The average molecular weight is 225 g/mol. The molecule has 1 heterocycles. The maximum absolute atomic E-state index is 11.9. The second-order valence-corrected chi connectivity index (χ2v) is 4.93. The van der Waals surface area contributed by atoms with Gasteiger partial charge in [-0.2, -0.15) is 0 Å². The molecule has 1 fully saturated rings. The first-order chi connectivity index (χ1) is 7.27. The van der Waals surface area contributed by atoms with Crippen molar-refractivity contribution in [1.29, 1.82) is 0 Å². The highest BCUT2D eigenvalue weighted by atomic mass is 32.1. The van der Waals surface area contributed by atoms with Gasteiger partial charge in [-0.25, -0.2) is 4.98 Å². The molecule has 5 heteroatoms. The molecule has 1 aliphatic rings. The quantitative estimate of drug-likeness (QED) is 0.799. The summed E-state index contributed by atoms with van der Waals surface area (Å²) in [5.74, 6) is 0.0893. The Balaban J connectivity index is 1.87. The van der Waals surface area contributed by atoms with Crippen LogP contribution in [0.2, 0.25) is 0 Å². The van der Waals surface area contributed by atoms with E-state index < -0.39 is 0 Å². The van der Waals surface area contributed by atoms with Gasteiger partial charge in [-0.15, -0.1) is 11.3 Å². The smallest absolute Gasteiger partial charge is 0.227 e. The van der Waals surface area contributed by atoms with Crippen LogP contribution < -0.4 is 11.1 Å². The second kappa shape index (κ2) is 4.28. The van der Waals surface area contributed by atoms with Crippen LogP contribution in [0.4, 0.5) is 0 Å². The lowest BCUT2D eigenvalue weighted by molar-refractivity contribution is -0.135. The van der Waals surface area contributed by atoms with E-state index in [1.54, 1.807) is 17.5 Å². The molecule has 1 saturated carbocycles. The molecular formula is C10H15N3OS. The van der Waals surface area contributed by atoms with Gasteiger partial charge in [0.2, 0.25) is 5.91 Å². The fraction of sp³-hybridized carbons (Fsp3) is 0.600. The summed E-state index contributed by atoms with van der Waals surface area (Å²) in [6, 6.07) is 0. The SMILES string of the molecule is NCC1(C(=O)NCc2nccs2)CCC1. The minimum absolute atomic E-state index is 0.0893. The summed E-state index contributed by atoms with van der Waals surface area (Å²) in [5.41, 5.74) is 5.36. The molecule has 4 nitrogen and oxygen atoms in total. The number of carbonyl (C=O) groups excluding carboxylic acids is 1. The Morgan fingerprint density at radius 1 is 1.67 bits per heavy atom. The summed E-state index contributed by atoms with van der Waals surface area (Å²) < 4.78 is 0. The van der Waals surface area contributed by atoms with Crippen LogP contribution >= 0.6 is 11.3 Å². The summed E-state index contributed by atoms with van der Waals surface area (Å²) >= 11 is 1.55. The van der Waals surface area contributed by atoms with Crippen LogP contribution in [0.1, 0.15) is 24.3 Å². The van der Waals surface area contributed by atoms with Crippen molar-refractivity contribution in [1.82, 2.24) is 10.3 Å². The van der Waals surface area contributed by atoms with Gasteiger partial charge in [-0.3, -0.25) is 4.79 Å². The van der Waals surface area contributed by atoms with Gasteiger partial charge in [0.15, 0.2) is 0 Å². The number of carbonyl (C=O) groups is 1. The first-order valence-electron chi connectivity index (χ1n) is 5.14. The summed E-state index contributed by atoms with van der Waals surface area (Å²) in [6.45, 7) is 0.981. The van der Waals surface area contributed by atoms with Gasteiger partial charge < -0.3 is 11.1 Å². The molecule has 15 heavy (non-hydrogen) atoms. The summed E-state index contributed by atoms with van der Waals surface area (Å²) in [5, 5.41) is 5.75. The number of amides is 1. The maximum atomic E-state index is 11.9. The Hall–Kier alpha value is -0.940. The predicted molar refractivity (Wildman–Crippen MR) is 59.3 cm³/mol. The van der Waals surface area contributed by atoms with Crippen LogP contribution in [0.3, 0.4) is 0 Å². The van der Waals surface area contributed by atoms with E-state index in [9.17, 15) is 4.79 Å². The average Bonchev–Trinajstić information content (AvgIpc) is 2.66. The van der Waals surface area contributed by atoms with Crippen LogP contribution in [0.25, 0.3) is 0 Å². The molecule has 0 radical (unpaired) electrons. The van der Waals surface area contributed by atoms with Crippen molar-refractivity contribution in [2.45, 2.75) is 25.8 Å². The monoisotopic (exact) mass is 225 g/mol. The van der Waals surface area contributed by atoms with Crippen LogP contribution in [0.15, 0.2) is 11.6 Å². The second-order valence-electron chi connectivity index (χ2n) is 3.95. The lowest BCUT2D eigenvalue weighted by Gasteiger charge is -2.38. The molecule has 0 bridgehead atoms. The minimum atomic E-state index is -0.280. The van der Waals surface area contributed by atoms with E-state index in [2.05, 4.69) is 10.3 Å². The van der Waals surface area contributed by atoms with Crippen molar-refractivity contribution in [3.05, 3.63) is 16.6 Å². The Kier molecular flexibility index (Phi) is 3.02. The van der Waals surface area contributed by atoms with E-state index in [0.717, 1.165) is 24.3 Å². The lowest BCUT2D eigenvalue weighted by Crippen LogP contribution is -2.50. The third kappa shape index (κ3) is 2.03. The highest BCUT2D eigenvalue weighted by Crippen LogP contribution is 2.39. The molecular weight excluding hydrogens is 210 g/mol. The van der Waals surface area contributed by atoms with Crippen LogP contribution in [-0.4, -0.2) is 17.4 Å². The molecule has 0 atom stereocenters. The van der Waals surface area contributed by atoms with Gasteiger partial charge in [0, 0.05) is 18.1 Å². The van der Waals surface area contributed by atoms with Crippen LogP contribution in [0, 0.1) is 5.41 Å². The van der Waals surface area contributed by atoms with Gasteiger partial charge >= 0.3 is 0 Å². The van der Waals surface area contributed by atoms with E-state index in [1.807, 2.05) is 5.38 Å². The topological polar surface area (TPSA) is 68.0 Å². The van der Waals surface area contributed by atoms with Crippen molar-refractivity contribution in [2.75, 3.05) is 6.54 Å². The molecule has 82 valence electrons. The molecule has 1 aromatic rings. The first kappa shape index (κ1) is 10.6. The minimum Gasteiger partial charge on any atom is -0.349 e. The number of rotatable bonds is 4. The third-order valence-corrected chi connectivity index (χ3v) is 3.85. The van der Waals surface area contributed by atoms with E-state index in [0.29, 0.717) is 13.1 Å². The molecule has 1 amide bonds. The molecule has 1 aliphatic carbocycles. The molecule has 0 aromatic carbocycles. The third-order valence-electron chi connectivity index (χ3n) is 3.07. The fourth-order valence-electron chi connectivity index (χ4n) is 1.81. The maximum Gasteiger partial charge on any atom is 0.227 e. The van der Waals surface area contributed by atoms with Crippen LogP contribution in [-0.2, 0) is 11.3 Å². The lowest BCUT2D eigenvalue weighted by atomic mass is 9.68. The zero-order valence-corrected chi connectivity index (χ0v) is 9.35. The number of thiazole rings is 1. The zero-order chi connectivity index (χ0) is 10.7. The first-order valence-corrected chi connectivity index (χ1v) is 6.01. The zero-order valence-electron chi connectivity index (χ0n) is 8.53. The molecule has 0 aliphatic heterocycles. The van der Waals surface area contributed by atoms with E-state index in [1.165, 1.54) is 0 Å². The summed E-state index contributed by atoms with van der Waals surface area (Å²) in [7, 11) is 0. The Morgan fingerprint density at radius 2 is 2.47 bits per heavy atom. The van der Waals surface area contributed by atoms with Gasteiger partial charge in [0.05, 0.1) is 12.0 Å². The molecule has 1 aromatic heterocycles. The van der Waals surface area contributed by atoms with Crippen molar-refractivity contribution < 1.29 is 4.79 Å². The van der Waals surface area contributed by atoms with Gasteiger partial charge in [-0.1, -0.05) is 6.42 Å². The largest absolute Gasteiger partial charge is 0.349 e. The van der Waals surface area contributed by atoms with Crippen LogP contribution in [0.5, 0.6) is 0 Å². The highest BCUT2D eigenvalue weighted by molar-refractivity contribution is 7.09. The highest BCUT2D eigenvalue weighted by Gasteiger charge is 2.42. The van der Waals surface area contributed by atoms with Crippen molar-refractivity contribution >= 4 is 17.2 Å². The number of nitrogens with two attached hydrogens (primary N) is 1. The van der Waals surface area contributed by atoms with E-state index in [4.69, 9.17) is 5.73 Å². The number of nitrogens with zero attached hydrogens (tertiary/aromatic N) is 1. The van der Waals surface area contributed by atoms with Crippen molar-refractivity contribution in [3.63, 3.8) is 0 Å². The summed E-state index contributed by atoms with van der Waals surface area (Å²) in [4.78, 5) is 16.0. The van der Waals surface area contributed by atoms with Crippen molar-refractivity contribution in [3.8, 4) is 0 Å². The Bertz CT molecular complexity index is 327. The Morgan fingerprint density at radius 3 is 2.93 bits per heavy atom. The molecule has 2 rings (SSSR count). The number of hydrogen-bond acceptors (Lipinski definition) is 4. The van der Waals surface area contributed by atoms with Gasteiger partial charge in [0.25, 0.3) is 0 Å². The van der Waals surface area contributed by atoms with E-state index in [-0.39, 0.29) is 11.3 Å². The fourth-order valence-corrected chi connectivity index (χ4v) is 2.37. The molecule has 0 unspecified atom stereocenters. The molecule has 0 saturated heterocycles. The number of hydrogen-bond donors (Lipinski definition) is 2. The number of nitrogens with one attached hydrogen (secondary N) is 1. The van der Waals surface area contributed by atoms with Gasteiger partial charge in [0.1, 0.15) is 5.01 Å². The predicted octanol–water partition coefficient (Wildman–Crippen LogP) is 0.888. The Labute approximate surface area is 92.9 Å². The normalized spacial score (nSPS) is 18.2. The standard InChI is InChI=1S/C10H15N3OS/c11-7-10(2-1-3-10)9(14)13-6-8-12-4-5-15-8/h4-5H,1-3,6-7,11H2,(H,13,14). The van der Waals surface area contributed by atoms with E-state index >= 15 is 0 Å². The van der Waals surface area contributed by atoms with Gasteiger partial charge in [-0.05, 0) is 12.8 Å². The molecule has 3 N–H and O–H groups in total. The molecule has 0 spiro atoms. The number of aromatic nitrogens is 1.